The summed E-state index contributed by atoms with van der Waals surface area (Å²) >= 11 is 5.92. The SMILES string of the molecule is CCOc1ccc(Cl)cc1S(=O)(=O)NC(C)C(=O)Nc1cccc(NC(C)=O)c1. The molecule has 0 saturated carbocycles. The number of sulfonamides is 1. The summed E-state index contributed by atoms with van der Waals surface area (Å²) in [5, 5.41) is 5.43. The molecule has 0 bridgehead atoms. The first-order valence-corrected chi connectivity index (χ1v) is 10.6. The summed E-state index contributed by atoms with van der Waals surface area (Å²) in [7, 11) is -4.07. The van der Waals surface area contributed by atoms with Crippen LogP contribution < -0.4 is 20.1 Å². The van der Waals surface area contributed by atoms with Gasteiger partial charge < -0.3 is 15.4 Å². The molecule has 0 radical (unpaired) electrons. The van der Waals surface area contributed by atoms with Crippen LogP contribution in [0.15, 0.2) is 47.4 Å². The van der Waals surface area contributed by atoms with E-state index in [2.05, 4.69) is 15.4 Å². The van der Waals surface area contributed by atoms with E-state index in [4.69, 9.17) is 16.3 Å². The monoisotopic (exact) mass is 439 g/mol. The van der Waals surface area contributed by atoms with Gasteiger partial charge >= 0.3 is 0 Å². The van der Waals surface area contributed by atoms with Crippen molar-refractivity contribution in [1.82, 2.24) is 4.72 Å². The van der Waals surface area contributed by atoms with Crippen LogP contribution in [0.25, 0.3) is 0 Å². The highest BCUT2D eigenvalue weighted by Crippen LogP contribution is 2.27. The molecule has 0 heterocycles. The normalized spacial score (nSPS) is 12.1. The van der Waals surface area contributed by atoms with Crippen LogP contribution in [0.3, 0.4) is 0 Å². The topological polar surface area (TPSA) is 114 Å². The van der Waals surface area contributed by atoms with Gasteiger partial charge in [-0.1, -0.05) is 17.7 Å². The van der Waals surface area contributed by atoms with Gasteiger partial charge in [0.25, 0.3) is 0 Å². The van der Waals surface area contributed by atoms with Gasteiger partial charge in [0.2, 0.25) is 21.8 Å². The van der Waals surface area contributed by atoms with Crippen LogP contribution in [-0.2, 0) is 19.6 Å². The Bertz CT molecular complexity index is 1010. The number of halogens is 1. The molecule has 2 aromatic carbocycles. The van der Waals surface area contributed by atoms with Crippen molar-refractivity contribution in [3.63, 3.8) is 0 Å². The van der Waals surface area contributed by atoms with Crippen molar-refractivity contribution in [3.05, 3.63) is 47.5 Å². The Labute approximate surface area is 174 Å². The molecule has 0 aromatic heterocycles. The summed E-state index contributed by atoms with van der Waals surface area (Å²) in [6, 6.07) is 9.64. The molecule has 2 rings (SSSR count). The van der Waals surface area contributed by atoms with Gasteiger partial charge in [-0.3, -0.25) is 9.59 Å². The smallest absolute Gasteiger partial charge is 0.245 e. The highest BCUT2D eigenvalue weighted by atomic mass is 35.5. The molecule has 1 atom stereocenters. The van der Waals surface area contributed by atoms with Crippen molar-refractivity contribution in [2.45, 2.75) is 31.7 Å². The lowest BCUT2D eigenvalue weighted by Crippen LogP contribution is -2.41. The molecular formula is C19H22ClN3O5S. The number of benzene rings is 2. The number of carbonyl (C=O) groups excluding carboxylic acids is 2. The van der Waals surface area contributed by atoms with Crippen LogP contribution in [-0.4, -0.2) is 32.9 Å². The molecule has 0 aliphatic rings. The number of amides is 2. The summed E-state index contributed by atoms with van der Waals surface area (Å²) in [5.74, 6) is -0.685. The van der Waals surface area contributed by atoms with E-state index in [1.165, 1.54) is 32.0 Å². The zero-order chi connectivity index (χ0) is 21.6. The first-order valence-electron chi connectivity index (χ1n) is 8.75. The van der Waals surface area contributed by atoms with Crippen molar-refractivity contribution >= 4 is 44.8 Å². The Hall–Kier alpha value is -2.62. The summed E-state index contributed by atoms with van der Waals surface area (Å²) in [6.07, 6.45) is 0. The molecule has 0 aliphatic heterocycles. The first kappa shape index (κ1) is 22.7. The average molecular weight is 440 g/mol. The van der Waals surface area contributed by atoms with Crippen LogP contribution in [0.1, 0.15) is 20.8 Å². The third kappa shape index (κ3) is 6.45. The lowest BCUT2D eigenvalue weighted by molar-refractivity contribution is -0.117. The fourth-order valence-electron chi connectivity index (χ4n) is 2.44. The summed E-state index contributed by atoms with van der Waals surface area (Å²) in [6.45, 7) is 4.78. The van der Waals surface area contributed by atoms with Gasteiger partial charge in [0.15, 0.2) is 0 Å². The Kier molecular flexibility index (Phi) is 7.60. The predicted molar refractivity (Wildman–Crippen MR) is 112 cm³/mol. The number of anilines is 2. The van der Waals surface area contributed by atoms with Crippen molar-refractivity contribution in [3.8, 4) is 5.75 Å². The fraction of sp³-hybridized carbons (Fsp3) is 0.263. The fourth-order valence-corrected chi connectivity index (χ4v) is 4.06. The van der Waals surface area contributed by atoms with Crippen molar-refractivity contribution in [1.29, 1.82) is 0 Å². The Morgan fingerprint density at radius 2 is 1.76 bits per heavy atom. The minimum absolute atomic E-state index is 0.139. The summed E-state index contributed by atoms with van der Waals surface area (Å²) in [4.78, 5) is 23.4. The molecule has 0 saturated heterocycles. The van der Waals surface area contributed by atoms with Crippen LogP contribution in [0.5, 0.6) is 5.75 Å². The molecule has 0 aliphatic carbocycles. The molecule has 0 fully saturated rings. The molecule has 8 nitrogen and oxygen atoms in total. The number of carbonyl (C=O) groups is 2. The highest BCUT2D eigenvalue weighted by molar-refractivity contribution is 7.89. The molecule has 2 amide bonds. The van der Waals surface area contributed by atoms with E-state index in [9.17, 15) is 18.0 Å². The standard InChI is InChI=1S/C19H22ClN3O5S/c1-4-28-17-9-8-14(20)10-18(17)29(26,27)23-12(2)19(25)22-16-7-5-6-15(11-16)21-13(3)24/h5-12,23H,4H2,1-3H3,(H,21,24)(H,22,25). The van der Waals surface area contributed by atoms with Gasteiger partial charge in [-0.2, -0.15) is 4.72 Å². The molecule has 29 heavy (non-hydrogen) atoms. The lowest BCUT2D eigenvalue weighted by atomic mass is 10.2. The first-order chi connectivity index (χ1) is 13.6. The Morgan fingerprint density at radius 1 is 1.10 bits per heavy atom. The number of nitrogens with one attached hydrogen (secondary N) is 3. The van der Waals surface area contributed by atoms with Gasteiger partial charge in [0.05, 0.1) is 12.6 Å². The molecule has 1 unspecified atom stereocenters. The van der Waals surface area contributed by atoms with Crippen molar-refractivity contribution < 1.29 is 22.7 Å². The second-order valence-electron chi connectivity index (χ2n) is 6.12. The van der Waals surface area contributed by atoms with Crippen molar-refractivity contribution in [2.75, 3.05) is 17.2 Å². The Balaban J connectivity index is 2.15. The van der Waals surface area contributed by atoms with Gasteiger partial charge in [-0.25, -0.2) is 8.42 Å². The van der Waals surface area contributed by atoms with E-state index in [1.807, 2.05) is 0 Å². The molecule has 0 spiro atoms. The zero-order valence-electron chi connectivity index (χ0n) is 16.2. The molecule has 3 N–H and O–H groups in total. The predicted octanol–water partition coefficient (Wildman–Crippen LogP) is 3.00. The van der Waals surface area contributed by atoms with Gasteiger partial charge in [0.1, 0.15) is 10.6 Å². The molecule has 10 heteroatoms. The minimum Gasteiger partial charge on any atom is -0.492 e. The third-order valence-corrected chi connectivity index (χ3v) is 5.47. The second kappa shape index (κ2) is 9.73. The van der Waals surface area contributed by atoms with Crippen LogP contribution in [0, 0.1) is 0 Å². The maximum Gasteiger partial charge on any atom is 0.245 e. The largest absolute Gasteiger partial charge is 0.492 e. The van der Waals surface area contributed by atoms with Crippen LogP contribution >= 0.6 is 11.6 Å². The van der Waals surface area contributed by atoms with Crippen LogP contribution in [0.4, 0.5) is 11.4 Å². The van der Waals surface area contributed by atoms with E-state index in [-0.39, 0.29) is 28.2 Å². The molecule has 2 aromatic rings. The second-order valence-corrected chi connectivity index (χ2v) is 8.24. The van der Waals surface area contributed by atoms with Gasteiger partial charge in [0, 0.05) is 23.3 Å². The highest BCUT2D eigenvalue weighted by Gasteiger charge is 2.25. The van der Waals surface area contributed by atoms with E-state index < -0.39 is 22.0 Å². The van der Waals surface area contributed by atoms with Gasteiger partial charge in [-0.05, 0) is 50.2 Å². The van der Waals surface area contributed by atoms with E-state index in [0.717, 1.165) is 0 Å². The summed E-state index contributed by atoms with van der Waals surface area (Å²) < 4.78 is 33.2. The zero-order valence-corrected chi connectivity index (χ0v) is 17.7. The quantitative estimate of drug-likeness (QED) is 0.585. The van der Waals surface area contributed by atoms with E-state index in [1.54, 1.807) is 31.2 Å². The number of rotatable bonds is 8. The maximum atomic E-state index is 12.7. The number of hydrogen-bond acceptors (Lipinski definition) is 5. The summed E-state index contributed by atoms with van der Waals surface area (Å²) in [5.41, 5.74) is 0.911. The van der Waals surface area contributed by atoms with Gasteiger partial charge in [-0.15, -0.1) is 0 Å². The van der Waals surface area contributed by atoms with Crippen LogP contribution in [0.2, 0.25) is 5.02 Å². The number of ether oxygens (including phenoxy) is 1. The van der Waals surface area contributed by atoms with E-state index in [0.29, 0.717) is 11.4 Å². The average Bonchev–Trinajstić information content (AvgIpc) is 2.62. The third-order valence-electron chi connectivity index (χ3n) is 3.67. The molecule has 156 valence electrons. The molecular weight excluding hydrogens is 418 g/mol. The van der Waals surface area contributed by atoms with E-state index >= 15 is 0 Å². The minimum atomic E-state index is -4.07. The number of hydrogen-bond donors (Lipinski definition) is 3. The maximum absolute atomic E-state index is 12.7. The Morgan fingerprint density at radius 3 is 2.38 bits per heavy atom. The van der Waals surface area contributed by atoms with Crippen molar-refractivity contribution in [2.24, 2.45) is 0 Å². The lowest BCUT2D eigenvalue weighted by Gasteiger charge is -2.17.